The molecule has 0 saturated carbocycles. The first-order chi connectivity index (χ1) is 9.15. The molecule has 5 nitrogen and oxygen atoms in total. The van der Waals surface area contributed by atoms with Gasteiger partial charge >= 0.3 is 0 Å². The van der Waals surface area contributed by atoms with E-state index in [4.69, 9.17) is 5.84 Å². The molecule has 2 aromatic rings. The molecule has 2 rings (SSSR count). The molecule has 0 bridgehead atoms. The van der Waals surface area contributed by atoms with Gasteiger partial charge in [0.2, 0.25) is 0 Å². The van der Waals surface area contributed by atoms with Crippen molar-refractivity contribution in [3.8, 4) is 0 Å². The molecule has 0 aliphatic rings. The van der Waals surface area contributed by atoms with Crippen LogP contribution in [0.2, 0.25) is 0 Å². The highest BCUT2D eigenvalue weighted by Crippen LogP contribution is 2.22. The SMILES string of the molecule is CCCn1nncc1C(NN)c1cc(C)cc(F)c1. The molecule has 0 spiro atoms. The number of nitrogens with zero attached hydrogens (tertiary/aromatic N) is 3. The summed E-state index contributed by atoms with van der Waals surface area (Å²) in [6.45, 7) is 4.66. The minimum absolute atomic E-state index is 0.273. The Hall–Kier alpha value is -1.79. The zero-order chi connectivity index (χ0) is 13.8. The van der Waals surface area contributed by atoms with E-state index in [1.54, 1.807) is 10.9 Å². The molecule has 1 aromatic heterocycles. The highest BCUT2D eigenvalue weighted by atomic mass is 19.1. The lowest BCUT2D eigenvalue weighted by atomic mass is 10.0. The summed E-state index contributed by atoms with van der Waals surface area (Å²) in [5.74, 6) is 5.35. The van der Waals surface area contributed by atoms with Crippen LogP contribution in [0.15, 0.2) is 24.4 Å². The molecule has 3 N–H and O–H groups in total. The fraction of sp³-hybridized carbons (Fsp3) is 0.385. The Kier molecular flexibility index (Phi) is 4.24. The molecular formula is C13H18FN5. The predicted molar refractivity (Wildman–Crippen MR) is 70.6 cm³/mol. The van der Waals surface area contributed by atoms with Gasteiger partial charge in [0.05, 0.1) is 17.9 Å². The van der Waals surface area contributed by atoms with Crippen LogP contribution in [0.25, 0.3) is 0 Å². The lowest BCUT2D eigenvalue weighted by Gasteiger charge is -2.17. The normalized spacial score (nSPS) is 12.6. The van der Waals surface area contributed by atoms with Gasteiger partial charge in [-0.2, -0.15) is 0 Å². The van der Waals surface area contributed by atoms with Crippen molar-refractivity contribution < 1.29 is 4.39 Å². The standard InChI is InChI=1S/C13H18FN5/c1-3-4-19-12(8-16-18-19)13(17-15)10-5-9(2)6-11(14)7-10/h5-8,13,17H,3-4,15H2,1-2H3. The third-order valence-electron chi connectivity index (χ3n) is 2.94. The molecule has 0 amide bonds. The molecular weight excluding hydrogens is 245 g/mol. The van der Waals surface area contributed by atoms with E-state index in [1.807, 2.05) is 13.0 Å². The second kappa shape index (κ2) is 5.90. The van der Waals surface area contributed by atoms with E-state index in [2.05, 4.69) is 22.7 Å². The smallest absolute Gasteiger partial charge is 0.123 e. The molecule has 19 heavy (non-hydrogen) atoms. The first-order valence-electron chi connectivity index (χ1n) is 6.27. The van der Waals surface area contributed by atoms with Crippen molar-refractivity contribution in [1.82, 2.24) is 20.4 Å². The van der Waals surface area contributed by atoms with Gasteiger partial charge in [0.25, 0.3) is 0 Å². The van der Waals surface area contributed by atoms with Crippen LogP contribution in [0.3, 0.4) is 0 Å². The molecule has 102 valence electrons. The zero-order valence-corrected chi connectivity index (χ0v) is 11.1. The maximum atomic E-state index is 13.5. The number of hydrogen-bond donors (Lipinski definition) is 2. The van der Waals surface area contributed by atoms with Gasteiger partial charge in [-0.05, 0) is 36.6 Å². The number of aromatic nitrogens is 3. The molecule has 1 atom stereocenters. The summed E-state index contributed by atoms with van der Waals surface area (Å²) in [6, 6.07) is 4.53. The van der Waals surface area contributed by atoms with Crippen molar-refractivity contribution >= 4 is 0 Å². The van der Waals surface area contributed by atoms with Crippen LogP contribution in [0, 0.1) is 12.7 Å². The lowest BCUT2D eigenvalue weighted by molar-refractivity contribution is 0.510. The summed E-state index contributed by atoms with van der Waals surface area (Å²) in [6.07, 6.45) is 2.59. The van der Waals surface area contributed by atoms with E-state index in [9.17, 15) is 4.39 Å². The second-order valence-electron chi connectivity index (χ2n) is 4.54. The summed E-state index contributed by atoms with van der Waals surface area (Å²) in [7, 11) is 0. The Balaban J connectivity index is 2.40. The largest absolute Gasteiger partial charge is 0.271 e. The topological polar surface area (TPSA) is 68.8 Å². The molecule has 6 heteroatoms. The highest BCUT2D eigenvalue weighted by Gasteiger charge is 2.18. The number of rotatable bonds is 5. The van der Waals surface area contributed by atoms with E-state index >= 15 is 0 Å². The summed E-state index contributed by atoms with van der Waals surface area (Å²) in [5, 5.41) is 7.93. The fourth-order valence-corrected chi connectivity index (χ4v) is 2.16. The van der Waals surface area contributed by atoms with Gasteiger partial charge in [0.15, 0.2) is 0 Å². The molecule has 0 radical (unpaired) electrons. The minimum atomic E-state index is -0.323. The Bertz CT molecular complexity index is 531. The Labute approximate surface area is 111 Å². The maximum Gasteiger partial charge on any atom is 0.123 e. The summed E-state index contributed by atoms with van der Waals surface area (Å²) in [4.78, 5) is 0. The van der Waals surface area contributed by atoms with Crippen molar-refractivity contribution in [3.63, 3.8) is 0 Å². The Morgan fingerprint density at radius 1 is 1.42 bits per heavy atom. The van der Waals surface area contributed by atoms with Crippen molar-refractivity contribution in [3.05, 3.63) is 47.0 Å². The predicted octanol–water partition coefficient (Wildman–Crippen LogP) is 1.69. The molecule has 1 heterocycles. The van der Waals surface area contributed by atoms with Crippen LogP contribution in [-0.4, -0.2) is 15.0 Å². The van der Waals surface area contributed by atoms with Crippen LogP contribution in [0.5, 0.6) is 0 Å². The van der Waals surface area contributed by atoms with E-state index in [0.717, 1.165) is 29.8 Å². The van der Waals surface area contributed by atoms with Gasteiger partial charge in [0, 0.05) is 6.54 Å². The van der Waals surface area contributed by atoms with Crippen molar-refractivity contribution in [2.45, 2.75) is 32.9 Å². The Morgan fingerprint density at radius 3 is 2.84 bits per heavy atom. The van der Waals surface area contributed by atoms with Gasteiger partial charge in [-0.15, -0.1) is 5.10 Å². The zero-order valence-electron chi connectivity index (χ0n) is 11.1. The van der Waals surface area contributed by atoms with Crippen LogP contribution in [-0.2, 0) is 6.54 Å². The van der Waals surface area contributed by atoms with Gasteiger partial charge in [-0.25, -0.2) is 14.5 Å². The van der Waals surface area contributed by atoms with Gasteiger partial charge in [-0.1, -0.05) is 18.2 Å². The summed E-state index contributed by atoms with van der Waals surface area (Å²) < 4.78 is 15.3. The summed E-state index contributed by atoms with van der Waals surface area (Å²) in [5.41, 5.74) is 5.15. The second-order valence-corrected chi connectivity index (χ2v) is 4.54. The van der Waals surface area contributed by atoms with Crippen LogP contribution in [0.1, 0.15) is 36.2 Å². The number of nitrogens with one attached hydrogen (secondary N) is 1. The van der Waals surface area contributed by atoms with Crippen molar-refractivity contribution in [2.75, 3.05) is 0 Å². The van der Waals surface area contributed by atoms with Crippen molar-refractivity contribution in [2.24, 2.45) is 5.84 Å². The number of hydrogen-bond acceptors (Lipinski definition) is 4. The third kappa shape index (κ3) is 2.97. The highest BCUT2D eigenvalue weighted by molar-refractivity contribution is 5.31. The Morgan fingerprint density at radius 2 is 2.21 bits per heavy atom. The number of benzene rings is 1. The van der Waals surface area contributed by atoms with E-state index in [-0.39, 0.29) is 11.9 Å². The number of aryl methyl sites for hydroxylation is 2. The number of hydrazine groups is 1. The first kappa shape index (κ1) is 13.6. The van der Waals surface area contributed by atoms with Crippen LogP contribution < -0.4 is 11.3 Å². The number of nitrogens with two attached hydrogens (primary N) is 1. The lowest BCUT2D eigenvalue weighted by Crippen LogP contribution is -2.31. The summed E-state index contributed by atoms with van der Waals surface area (Å²) >= 11 is 0. The molecule has 1 aromatic carbocycles. The van der Waals surface area contributed by atoms with Gasteiger partial charge in [-0.3, -0.25) is 5.84 Å². The van der Waals surface area contributed by atoms with E-state index < -0.39 is 0 Å². The minimum Gasteiger partial charge on any atom is -0.271 e. The van der Waals surface area contributed by atoms with E-state index in [0.29, 0.717) is 0 Å². The van der Waals surface area contributed by atoms with Crippen LogP contribution in [0.4, 0.5) is 4.39 Å². The first-order valence-corrected chi connectivity index (χ1v) is 6.27. The van der Waals surface area contributed by atoms with E-state index in [1.165, 1.54) is 12.1 Å². The fourth-order valence-electron chi connectivity index (χ4n) is 2.16. The van der Waals surface area contributed by atoms with Crippen molar-refractivity contribution in [1.29, 1.82) is 0 Å². The maximum absolute atomic E-state index is 13.5. The third-order valence-corrected chi connectivity index (χ3v) is 2.94. The molecule has 0 fully saturated rings. The average Bonchev–Trinajstić information content (AvgIpc) is 2.78. The molecule has 0 aliphatic carbocycles. The quantitative estimate of drug-likeness (QED) is 0.636. The van der Waals surface area contributed by atoms with Gasteiger partial charge < -0.3 is 0 Å². The molecule has 1 unspecified atom stereocenters. The van der Waals surface area contributed by atoms with Crippen LogP contribution >= 0.6 is 0 Å². The monoisotopic (exact) mass is 263 g/mol. The number of halogens is 1. The molecule has 0 saturated heterocycles. The van der Waals surface area contributed by atoms with Gasteiger partial charge in [0.1, 0.15) is 5.82 Å². The molecule has 0 aliphatic heterocycles. The average molecular weight is 263 g/mol.